The summed E-state index contributed by atoms with van der Waals surface area (Å²) < 4.78 is 7.60. The number of benzene rings is 2. The average Bonchev–Trinajstić information content (AvgIpc) is 2.90. The second-order valence-corrected chi connectivity index (χ2v) is 5.65. The molecule has 0 radical (unpaired) electrons. The molecule has 24 heavy (non-hydrogen) atoms. The van der Waals surface area contributed by atoms with Crippen LogP contribution in [0.3, 0.4) is 0 Å². The van der Waals surface area contributed by atoms with E-state index in [9.17, 15) is 9.90 Å². The number of aliphatic hydroxyl groups is 1. The van der Waals surface area contributed by atoms with Gasteiger partial charge >= 0.3 is 0 Å². The van der Waals surface area contributed by atoms with E-state index >= 15 is 0 Å². The van der Waals surface area contributed by atoms with Crippen molar-refractivity contribution < 1.29 is 14.6 Å². The molecule has 0 spiro atoms. The molecule has 3 aromatic rings. The lowest BCUT2D eigenvalue weighted by molar-refractivity contribution is 0.0999. The summed E-state index contributed by atoms with van der Waals surface area (Å²) in [7, 11) is 0. The van der Waals surface area contributed by atoms with Crippen molar-refractivity contribution in [3.05, 3.63) is 58.9 Å². The second kappa shape index (κ2) is 6.90. The summed E-state index contributed by atoms with van der Waals surface area (Å²) in [5, 5.41) is 9.89. The fourth-order valence-electron chi connectivity index (χ4n) is 2.50. The molecule has 0 aliphatic carbocycles. The number of halogens is 1. The molecule has 0 saturated heterocycles. The third kappa shape index (κ3) is 3.34. The van der Waals surface area contributed by atoms with E-state index in [-0.39, 0.29) is 13.2 Å². The summed E-state index contributed by atoms with van der Waals surface area (Å²) in [6, 6.07) is 12.0. The van der Waals surface area contributed by atoms with E-state index in [0.29, 0.717) is 28.7 Å². The van der Waals surface area contributed by atoms with E-state index in [1.807, 2.05) is 10.6 Å². The number of imidazole rings is 1. The quantitative estimate of drug-likeness (QED) is 0.717. The van der Waals surface area contributed by atoms with Gasteiger partial charge in [0.05, 0.1) is 17.6 Å². The standard InChI is InChI=1S/C17H16ClN3O3/c18-12-4-5-15-14(9-12)20-16(21(15)6-7-22)10-24-13-3-1-2-11(8-13)17(19)23/h1-5,8-9,22H,6-7,10H2,(H2,19,23). The molecule has 3 rings (SSSR count). The SMILES string of the molecule is NC(=O)c1cccc(OCc2nc3cc(Cl)ccc3n2CCO)c1. The Morgan fingerprint density at radius 1 is 1.29 bits per heavy atom. The smallest absolute Gasteiger partial charge is 0.248 e. The molecule has 7 heteroatoms. The number of aromatic nitrogens is 2. The largest absolute Gasteiger partial charge is 0.486 e. The lowest BCUT2D eigenvalue weighted by atomic mass is 10.2. The molecule has 0 atom stereocenters. The number of carbonyl (C=O) groups is 1. The molecule has 0 aliphatic rings. The van der Waals surface area contributed by atoms with Crippen LogP contribution in [-0.2, 0) is 13.2 Å². The Bertz CT molecular complexity index is 892. The average molecular weight is 346 g/mol. The number of hydrogen-bond donors (Lipinski definition) is 2. The molecule has 124 valence electrons. The van der Waals surface area contributed by atoms with Crippen molar-refractivity contribution in [1.29, 1.82) is 0 Å². The van der Waals surface area contributed by atoms with Gasteiger partial charge in [0.15, 0.2) is 0 Å². The lowest BCUT2D eigenvalue weighted by Gasteiger charge is -2.09. The van der Waals surface area contributed by atoms with Crippen LogP contribution in [0.4, 0.5) is 0 Å². The van der Waals surface area contributed by atoms with Gasteiger partial charge in [-0.05, 0) is 36.4 Å². The molecule has 0 fully saturated rings. The number of nitrogens with two attached hydrogens (primary N) is 1. The first-order valence-electron chi connectivity index (χ1n) is 7.36. The molecular formula is C17H16ClN3O3. The summed E-state index contributed by atoms with van der Waals surface area (Å²) in [4.78, 5) is 15.7. The van der Waals surface area contributed by atoms with Crippen LogP contribution in [0.15, 0.2) is 42.5 Å². The fraction of sp³-hybridized carbons (Fsp3) is 0.176. The number of fused-ring (bicyclic) bond motifs is 1. The van der Waals surface area contributed by atoms with Crippen LogP contribution in [0.25, 0.3) is 11.0 Å². The Labute approximate surface area is 143 Å². The number of nitrogens with zero attached hydrogens (tertiary/aromatic N) is 2. The highest BCUT2D eigenvalue weighted by Gasteiger charge is 2.12. The maximum atomic E-state index is 11.2. The number of amides is 1. The van der Waals surface area contributed by atoms with Crippen molar-refractivity contribution in [2.24, 2.45) is 5.73 Å². The van der Waals surface area contributed by atoms with E-state index in [1.54, 1.807) is 36.4 Å². The highest BCUT2D eigenvalue weighted by molar-refractivity contribution is 6.31. The lowest BCUT2D eigenvalue weighted by Crippen LogP contribution is -2.12. The third-order valence-corrected chi connectivity index (χ3v) is 3.83. The van der Waals surface area contributed by atoms with Gasteiger partial charge < -0.3 is 20.1 Å². The van der Waals surface area contributed by atoms with Crippen LogP contribution < -0.4 is 10.5 Å². The monoisotopic (exact) mass is 345 g/mol. The zero-order valence-electron chi connectivity index (χ0n) is 12.8. The van der Waals surface area contributed by atoms with Crippen LogP contribution in [0, 0.1) is 0 Å². The normalized spacial score (nSPS) is 10.9. The van der Waals surface area contributed by atoms with Crippen LogP contribution >= 0.6 is 11.6 Å². The van der Waals surface area contributed by atoms with Crippen molar-refractivity contribution in [2.75, 3.05) is 6.61 Å². The maximum absolute atomic E-state index is 11.2. The zero-order chi connectivity index (χ0) is 17.1. The number of primary amides is 1. The molecule has 0 unspecified atom stereocenters. The second-order valence-electron chi connectivity index (χ2n) is 5.22. The number of hydrogen-bond acceptors (Lipinski definition) is 4. The molecule has 6 nitrogen and oxygen atoms in total. The van der Waals surface area contributed by atoms with E-state index in [2.05, 4.69) is 4.98 Å². The Morgan fingerprint density at radius 3 is 2.88 bits per heavy atom. The first-order valence-corrected chi connectivity index (χ1v) is 7.74. The van der Waals surface area contributed by atoms with Crippen molar-refractivity contribution in [2.45, 2.75) is 13.2 Å². The maximum Gasteiger partial charge on any atom is 0.248 e. The predicted molar refractivity (Wildman–Crippen MR) is 91.1 cm³/mol. The molecular weight excluding hydrogens is 330 g/mol. The third-order valence-electron chi connectivity index (χ3n) is 3.60. The van der Waals surface area contributed by atoms with Gasteiger partial charge in [0, 0.05) is 17.1 Å². The Morgan fingerprint density at radius 2 is 2.12 bits per heavy atom. The van der Waals surface area contributed by atoms with Crippen LogP contribution in [0.2, 0.25) is 5.02 Å². The van der Waals surface area contributed by atoms with Gasteiger partial charge in [0.2, 0.25) is 5.91 Å². The molecule has 1 amide bonds. The highest BCUT2D eigenvalue weighted by Crippen LogP contribution is 2.22. The van der Waals surface area contributed by atoms with Gasteiger partial charge in [0.25, 0.3) is 0 Å². The zero-order valence-corrected chi connectivity index (χ0v) is 13.5. The number of rotatable bonds is 6. The fourth-order valence-corrected chi connectivity index (χ4v) is 2.67. The molecule has 1 heterocycles. The van der Waals surface area contributed by atoms with Gasteiger partial charge in [-0.15, -0.1) is 0 Å². The van der Waals surface area contributed by atoms with Gasteiger partial charge in [0.1, 0.15) is 18.2 Å². The van der Waals surface area contributed by atoms with Crippen LogP contribution in [-0.4, -0.2) is 27.2 Å². The number of aliphatic hydroxyl groups excluding tert-OH is 1. The minimum Gasteiger partial charge on any atom is -0.486 e. The van der Waals surface area contributed by atoms with Crippen molar-refractivity contribution in [3.8, 4) is 5.75 Å². The molecule has 1 aromatic heterocycles. The first-order chi connectivity index (χ1) is 11.6. The molecule has 3 N–H and O–H groups in total. The molecule has 0 saturated carbocycles. The Balaban J connectivity index is 1.88. The molecule has 2 aromatic carbocycles. The highest BCUT2D eigenvalue weighted by atomic mass is 35.5. The summed E-state index contributed by atoms with van der Waals surface area (Å²) in [5.74, 6) is 0.667. The molecule has 0 aliphatic heterocycles. The van der Waals surface area contributed by atoms with Gasteiger partial charge in [-0.1, -0.05) is 17.7 Å². The Hall–Kier alpha value is -2.57. The van der Waals surface area contributed by atoms with Gasteiger partial charge in [-0.2, -0.15) is 0 Å². The van der Waals surface area contributed by atoms with Crippen LogP contribution in [0.1, 0.15) is 16.2 Å². The van der Waals surface area contributed by atoms with Gasteiger partial charge in [-0.3, -0.25) is 4.79 Å². The van der Waals surface area contributed by atoms with Crippen molar-refractivity contribution in [1.82, 2.24) is 9.55 Å². The molecule has 0 bridgehead atoms. The topological polar surface area (TPSA) is 90.4 Å². The number of ether oxygens (including phenoxy) is 1. The summed E-state index contributed by atoms with van der Waals surface area (Å²) in [6.45, 7) is 0.574. The first kappa shape index (κ1) is 16.3. The minimum atomic E-state index is -0.511. The van der Waals surface area contributed by atoms with Crippen molar-refractivity contribution in [3.63, 3.8) is 0 Å². The van der Waals surface area contributed by atoms with E-state index in [4.69, 9.17) is 22.1 Å². The van der Waals surface area contributed by atoms with Crippen LogP contribution in [0.5, 0.6) is 5.75 Å². The minimum absolute atomic E-state index is 0.0156. The summed E-state index contributed by atoms with van der Waals surface area (Å²) >= 11 is 6.00. The Kier molecular flexibility index (Phi) is 4.69. The summed E-state index contributed by atoms with van der Waals surface area (Å²) in [6.07, 6.45) is 0. The summed E-state index contributed by atoms with van der Waals surface area (Å²) in [5.41, 5.74) is 7.25. The van der Waals surface area contributed by atoms with E-state index < -0.39 is 5.91 Å². The van der Waals surface area contributed by atoms with E-state index in [0.717, 1.165) is 11.0 Å². The van der Waals surface area contributed by atoms with Crippen molar-refractivity contribution >= 4 is 28.5 Å². The predicted octanol–water partition coefficient (Wildman–Crippen LogP) is 2.36. The number of carbonyl (C=O) groups excluding carboxylic acids is 1. The van der Waals surface area contributed by atoms with E-state index in [1.165, 1.54) is 0 Å². The van der Waals surface area contributed by atoms with Gasteiger partial charge in [-0.25, -0.2) is 4.98 Å².